The lowest BCUT2D eigenvalue weighted by molar-refractivity contribution is -0.116. The minimum Gasteiger partial charge on any atom is -0.326 e. The molecule has 0 radical (unpaired) electrons. The average molecular weight is 419 g/mol. The molecule has 1 amide bonds. The van der Waals surface area contributed by atoms with Crippen LogP contribution >= 0.6 is 11.6 Å². The summed E-state index contributed by atoms with van der Waals surface area (Å²) >= 11 is 5.99. The first kappa shape index (κ1) is 20.1. The van der Waals surface area contributed by atoms with E-state index in [0.717, 1.165) is 45.1 Å². The van der Waals surface area contributed by atoms with Crippen LogP contribution in [0.2, 0.25) is 5.02 Å². The highest BCUT2D eigenvalue weighted by atomic mass is 35.5. The number of nitrogens with zero attached hydrogens (tertiary/aromatic N) is 3. The number of benzene rings is 2. The molecule has 4 rings (SSSR count). The van der Waals surface area contributed by atoms with Crippen molar-refractivity contribution in [3.8, 4) is 11.3 Å². The van der Waals surface area contributed by atoms with Gasteiger partial charge in [0.05, 0.1) is 5.69 Å². The first-order valence-electron chi connectivity index (χ1n) is 9.89. The Hall–Kier alpha value is -3.18. The van der Waals surface area contributed by atoms with E-state index in [-0.39, 0.29) is 5.91 Å². The zero-order valence-corrected chi connectivity index (χ0v) is 18.0. The van der Waals surface area contributed by atoms with E-state index in [1.165, 1.54) is 0 Å². The molecular weight excluding hydrogens is 396 g/mol. The van der Waals surface area contributed by atoms with Crippen molar-refractivity contribution < 1.29 is 4.79 Å². The molecule has 152 valence electrons. The van der Waals surface area contributed by atoms with Crippen LogP contribution in [0.15, 0.2) is 54.6 Å². The third-order valence-electron chi connectivity index (χ3n) is 5.33. The third kappa shape index (κ3) is 4.07. The number of hydrogen-bond acceptors (Lipinski definition) is 3. The summed E-state index contributed by atoms with van der Waals surface area (Å²) in [6.07, 6.45) is 0.989. The minimum absolute atomic E-state index is 0.00878. The quantitative estimate of drug-likeness (QED) is 0.462. The number of para-hydroxylation sites is 1. The van der Waals surface area contributed by atoms with Crippen molar-refractivity contribution in [1.29, 1.82) is 0 Å². The molecular formula is C24H23ClN4O. The lowest BCUT2D eigenvalue weighted by Gasteiger charge is -2.12. The Balaban J connectivity index is 1.56. The van der Waals surface area contributed by atoms with Crippen LogP contribution in [0, 0.1) is 20.8 Å². The maximum absolute atomic E-state index is 12.5. The van der Waals surface area contributed by atoms with Crippen LogP contribution in [0.25, 0.3) is 16.9 Å². The highest BCUT2D eigenvalue weighted by Gasteiger charge is 2.14. The SMILES string of the molecule is Cc1ccccc1NC(=O)CCc1c(C)nc2cc(-c3ccc(Cl)cc3)nn2c1C. The molecule has 2 heterocycles. The molecule has 0 saturated heterocycles. The van der Waals surface area contributed by atoms with Crippen molar-refractivity contribution in [3.05, 3.63) is 82.1 Å². The summed E-state index contributed by atoms with van der Waals surface area (Å²) in [5.74, 6) is -0.00878. The van der Waals surface area contributed by atoms with Crippen LogP contribution in [-0.4, -0.2) is 20.5 Å². The number of aromatic nitrogens is 3. The molecule has 0 bridgehead atoms. The molecule has 0 spiro atoms. The monoisotopic (exact) mass is 418 g/mol. The number of amides is 1. The Labute approximate surface area is 180 Å². The fourth-order valence-corrected chi connectivity index (χ4v) is 3.74. The van der Waals surface area contributed by atoms with Gasteiger partial charge in [-0.25, -0.2) is 9.50 Å². The first-order valence-corrected chi connectivity index (χ1v) is 10.3. The lowest BCUT2D eigenvalue weighted by Crippen LogP contribution is -2.15. The van der Waals surface area contributed by atoms with Gasteiger partial charge in [-0.3, -0.25) is 4.79 Å². The van der Waals surface area contributed by atoms with Gasteiger partial charge in [0.15, 0.2) is 5.65 Å². The van der Waals surface area contributed by atoms with Crippen molar-refractivity contribution in [2.24, 2.45) is 0 Å². The second kappa shape index (κ2) is 8.28. The van der Waals surface area contributed by atoms with Gasteiger partial charge in [-0.2, -0.15) is 5.10 Å². The standard InChI is InChI=1S/C24H23ClN4O/c1-15-6-4-5-7-21(15)27-24(30)13-12-20-16(2)26-23-14-22(28-29(23)17(20)3)18-8-10-19(25)11-9-18/h4-11,14H,12-13H2,1-3H3,(H,27,30). The molecule has 6 heteroatoms. The van der Waals surface area contributed by atoms with Crippen molar-refractivity contribution in [1.82, 2.24) is 14.6 Å². The predicted octanol–water partition coefficient (Wildman–Crippen LogP) is 5.55. The average Bonchev–Trinajstić information content (AvgIpc) is 3.14. The summed E-state index contributed by atoms with van der Waals surface area (Å²) in [6.45, 7) is 5.99. The summed E-state index contributed by atoms with van der Waals surface area (Å²) in [4.78, 5) is 17.2. The topological polar surface area (TPSA) is 59.3 Å². The minimum atomic E-state index is -0.00878. The molecule has 0 atom stereocenters. The number of aryl methyl sites for hydroxylation is 3. The number of carbonyl (C=O) groups is 1. The van der Waals surface area contributed by atoms with Gasteiger partial charge in [-0.05, 0) is 56.5 Å². The van der Waals surface area contributed by atoms with E-state index in [0.29, 0.717) is 17.9 Å². The Morgan fingerprint density at radius 1 is 1.07 bits per heavy atom. The molecule has 0 unspecified atom stereocenters. The zero-order chi connectivity index (χ0) is 21.3. The van der Waals surface area contributed by atoms with Gasteiger partial charge in [0.2, 0.25) is 5.91 Å². The van der Waals surface area contributed by atoms with E-state index in [1.807, 2.05) is 79.9 Å². The van der Waals surface area contributed by atoms with Crippen molar-refractivity contribution in [3.63, 3.8) is 0 Å². The predicted molar refractivity (Wildman–Crippen MR) is 121 cm³/mol. The lowest BCUT2D eigenvalue weighted by atomic mass is 10.1. The van der Waals surface area contributed by atoms with Crippen LogP contribution in [-0.2, 0) is 11.2 Å². The van der Waals surface area contributed by atoms with E-state index in [4.69, 9.17) is 21.7 Å². The van der Waals surface area contributed by atoms with Crippen LogP contribution in [0.1, 0.15) is 28.9 Å². The molecule has 1 N–H and O–H groups in total. The number of anilines is 1. The van der Waals surface area contributed by atoms with Crippen LogP contribution < -0.4 is 5.32 Å². The molecule has 0 aliphatic carbocycles. The molecule has 0 fully saturated rings. The summed E-state index contributed by atoms with van der Waals surface area (Å²) in [5.41, 5.74) is 7.50. The summed E-state index contributed by atoms with van der Waals surface area (Å²) in [6, 6.07) is 17.4. The summed E-state index contributed by atoms with van der Waals surface area (Å²) < 4.78 is 1.85. The maximum Gasteiger partial charge on any atom is 0.224 e. The first-order chi connectivity index (χ1) is 14.4. The molecule has 2 aromatic heterocycles. The number of nitrogens with one attached hydrogen (secondary N) is 1. The zero-order valence-electron chi connectivity index (χ0n) is 17.2. The van der Waals surface area contributed by atoms with Gasteiger partial charge < -0.3 is 5.32 Å². The molecule has 0 aliphatic heterocycles. The molecule has 2 aromatic carbocycles. The second-order valence-electron chi connectivity index (χ2n) is 7.43. The summed E-state index contributed by atoms with van der Waals surface area (Å²) in [7, 11) is 0. The fraction of sp³-hybridized carbons (Fsp3) is 0.208. The van der Waals surface area contributed by atoms with E-state index < -0.39 is 0 Å². The molecule has 5 nitrogen and oxygen atoms in total. The van der Waals surface area contributed by atoms with Crippen LogP contribution in [0.3, 0.4) is 0 Å². The van der Waals surface area contributed by atoms with Gasteiger partial charge in [-0.15, -0.1) is 0 Å². The van der Waals surface area contributed by atoms with Crippen LogP contribution in [0.5, 0.6) is 0 Å². The van der Waals surface area contributed by atoms with E-state index in [9.17, 15) is 4.79 Å². The van der Waals surface area contributed by atoms with E-state index in [2.05, 4.69) is 5.32 Å². The van der Waals surface area contributed by atoms with Gasteiger partial charge >= 0.3 is 0 Å². The molecule has 30 heavy (non-hydrogen) atoms. The van der Waals surface area contributed by atoms with Gasteiger partial charge in [0, 0.05) is 40.1 Å². The highest BCUT2D eigenvalue weighted by Crippen LogP contribution is 2.24. The fourth-order valence-electron chi connectivity index (χ4n) is 3.61. The van der Waals surface area contributed by atoms with E-state index in [1.54, 1.807) is 0 Å². The number of rotatable bonds is 5. The number of fused-ring (bicyclic) bond motifs is 1. The maximum atomic E-state index is 12.5. The van der Waals surface area contributed by atoms with E-state index >= 15 is 0 Å². The number of carbonyl (C=O) groups excluding carboxylic acids is 1. The summed E-state index contributed by atoms with van der Waals surface area (Å²) in [5, 5.41) is 8.42. The van der Waals surface area contributed by atoms with Crippen LogP contribution in [0.4, 0.5) is 5.69 Å². The van der Waals surface area contributed by atoms with Crippen molar-refractivity contribution in [2.45, 2.75) is 33.6 Å². The van der Waals surface area contributed by atoms with Gasteiger partial charge in [0.25, 0.3) is 0 Å². The number of halogens is 1. The Kier molecular flexibility index (Phi) is 5.55. The largest absolute Gasteiger partial charge is 0.326 e. The Bertz CT molecular complexity index is 1230. The number of hydrogen-bond donors (Lipinski definition) is 1. The molecule has 0 aliphatic rings. The van der Waals surface area contributed by atoms with Gasteiger partial charge in [0.1, 0.15) is 0 Å². The highest BCUT2D eigenvalue weighted by molar-refractivity contribution is 6.30. The smallest absolute Gasteiger partial charge is 0.224 e. The van der Waals surface area contributed by atoms with Crippen molar-refractivity contribution in [2.75, 3.05) is 5.32 Å². The Morgan fingerprint density at radius 3 is 2.53 bits per heavy atom. The third-order valence-corrected chi connectivity index (χ3v) is 5.58. The van der Waals surface area contributed by atoms with Crippen molar-refractivity contribution >= 4 is 28.8 Å². The normalized spacial score (nSPS) is 11.1. The van der Waals surface area contributed by atoms with Gasteiger partial charge in [-0.1, -0.05) is 41.9 Å². The Morgan fingerprint density at radius 2 is 1.80 bits per heavy atom. The molecule has 4 aromatic rings. The second-order valence-corrected chi connectivity index (χ2v) is 7.87. The molecule has 0 saturated carbocycles.